The van der Waals surface area contributed by atoms with Gasteiger partial charge in [-0.2, -0.15) is 0 Å². The molecule has 88 valence electrons. The smallest absolute Gasteiger partial charge is 0.329 e. The molecule has 15 heavy (non-hydrogen) atoms. The van der Waals surface area contributed by atoms with Crippen LogP contribution < -0.4 is 0 Å². The van der Waals surface area contributed by atoms with Crippen LogP contribution in [-0.4, -0.2) is 64.8 Å². The first-order chi connectivity index (χ1) is 6.75. The number of rotatable bonds is 4. The average Bonchev–Trinajstić information content (AvgIpc) is 2.15. The predicted molar refractivity (Wildman–Crippen MR) is 54.6 cm³/mol. The van der Waals surface area contributed by atoms with Crippen molar-refractivity contribution in [2.75, 3.05) is 27.2 Å². The minimum Gasteiger partial charge on any atom is -0.480 e. The Balaban J connectivity index is 4.64. The minimum absolute atomic E-state index is 0.149. The van der Waals surface area contributed by atoms with Crippen LogP contribution in [0.2, 0.25) is 0 Å². The zero-order valence-corrected chi connectivity index (χ0v) is 9.52. The molecule has 0 aliphatic rings. The first-order valence-corrected chi connectivity index (χ1v) is 4.58. The fraction of sp³-hybridized carbons (Fsp3) is 0.778. The lowest BCUT2D eigenvalue weighted by Gasteiger charge is -2.34. The van der Waals surface area contributed by atoms with Gasteiger partial charge in [0.15, 0.2) is 0 Å². The summed E-state index contributed by atoms with van der Waals surface area (Å²) in [6, 6.07) is -0.434. The lowest BCUT2D eigenvalue weighted by Crippen LogP contribution is -2.54. The summed E-state index contributed by atoms with van der Waals surface area (Å²) in [6.45, 7) is 2.92. The van der Waals surface area contributed by atoms with Gasteiger partial charge < -0.3 is 20.0 Å². The number of carbonyl (C=O) groups excluding carboxylic acids is 1. The van der Waals surface area contributed by atoms with Gasteiger partial charge in [-0.3, -0.25) is 0 Å². The van der Waals surface area contributed by atoms with Crippen LogP contribution in [0.3, 0.4) is 0 Å². The molecule has 0 bridgehead atoms. The highest BCUT2D eigenvalue weighted by Crippen LogP contribution is 2.14. The first-order valence-electron chi connectivity index (χ1n) is 4.58. The molecule has 6 nitrogen and oxygen atoms in total. The van der Waals surface area contributed by atoms with Crippen LogP contribution in [0.4, 0.5) is 4.79 Å². The van der Waals surface area contributed by atoms with E-state index in [1.807, 2.05) is 0 Å². The van der Waals surface area contributed by atoms with Gasteiger partial charge in [-0.1, -0.05) is 0 Å². The number of nitrogens with zero attached hydrogens (tertiary/aromatic N) is 2. The lowest BCUT2D eigenvalue weighted by atomic mass is 10.0. The highest BCUT2D eigenvalue weighted by Gasteiger charge is 2.36. The summed E-state index contributed by atoms with van der Waals surface area (Å²) >= 11 is 0. The number of aliphatic hydroxyl groups excluding tert-OH is 1. The molecule has 0 rings (SSSR count). The van der Waals surface area contributed by atoms with Gasteiger partial charge in [0.05, 0.1) is 6.61 Å². The van der Waals surface area contributed by atoms with Gasteiger partial charge in [0.2, 0.25) is 0 Å². The molecular weight excluding hydrogens is 200 g/mol. The predicted octanol–water partition coefficient (Wildman–Crippen LogP) is -0.175. The molecule has 0 saturated carbocycles. The molecule has 0 aliphatic carbocycles. The normalized spacial score (nSPS) is 11.0. The van der Waals surface area contributed by atoms with Crippen molar-refractivity contribution in [2.45, 2.75) is 19.4 Å². The Morgan fingerprint density at radius 2 is 1.73 bits per heavy atom. The van der Waals surface area contributed by atoms with Crippen molar-refractivity contribution in [1.29, 1.82) is 0 Å². The van der Waals surface area contributed by atoms with Crippen molar-refractivity contribution in [2.24, 2.45) is 0 Å². The van der Waals surface area contributed by atoms with Gasteiger partial charge in [-0.15, -0.1) is 0 Å². The second-order valence-electron chi connectivity index (χ2n) is 3.85. The maximum atomic E-state index is 11.7. The quantitative estimate of drug-likeness (QED) is 0.686. The molecule has 0 fully saturated rings. The van der Waals surface area contributed by atoms with E-state index in [1.165, 1.54) is 32.8 Å². The van der Waals surface area contributed by atoms with E-state index in [4.69, 9.17) is 10.2 Å². The van der Waals surface area contributed by atoms with Crippen LogP contribution >= 0.6 is 0 Å². The zero-order chi connectivity index (χ0) is 12.2. The number of carbonyl (C=O) groups is 2. The molecule has 0 atom stereocenters. The number of urea groups is 1. The van der Waals surface area contributed by atoms with E-state index in [0.717, 1.165) is 4.90 Å². The third kappa shape index (κ3) is 3.09. The highest BCUT2D eigenvalue weighted by molar-refractivity contribution is 5.85. The molecule has 2 N–H and O–H groups in total. The van der Waals surface area contributed by atoms with Crippen LogP contribution in [0.25, 0.3) is 0 Å². The molecule has 0 aromatic carbocycles. The first kappa shape index (κ1) is 13.7. The van der Waals surface area contributed by atoms with Crippen molar-refractivity contribution >= 4 is 12.0 Å². The summed E-state index contributed by atoms with van der Waals surface area (Å²) in [4.78, 5) is 24.9. The number of likely N-dealkylation sites (N-methyl/N-ethyl adjacent to an activating group) is 2. The SMILES string of the molecule is CN(CCO)C(=O)N(C)C(C)(C)C(=O)O. The van der Waals surface area contributed by atoms with E-state index in [1.54, 1.807) is 0 Å². The van der Waals surface area contributed by atoms with E-state index >= 15 is 0 Å². The van der Waals surface area contributed by atoms with Gasteiger partial charge in [-0.25, -0.2) is 9.59 Å². The maximum Gasteiger partial charge on any atom is 0.329 e. The number of carboxylic acid groups (broad SMARTS) is 1. The number of hydrogen-bond acceptors (Lipinski definition) is 3. The monoisotopic (exact) mass is 218 g/mol. The Morgan fingerprint density at radius 3 is 2.07 bits per heavy atom. The Labute approximate surface area is 89.1 Å². The topological polar surface area (TPSA) is 81.1 Å². The number of hydrogen-bond donors (Lipinski definition) is 2. The fourth-order valence-electron chi connectivity index (χ4n) is 0.884. The van der Waals surface area contributed by atoms with Crippen LogP contribution in [0.1, 0.15) is 13.8 Å². The third-order valence-electron chi connectivity index (χ3n) is 2.41. The van der Waals surface area contributed by atoms with E-state index in [9.17, 15) is 9.59 Å². The third-order valence-corrected chi connectivity index (χ3v) is 2.41. The lowest BCUT2D eigenvalue weighted by molar-refractivity contribution is -0.147. The summed E-state index contributed by atoms with van der Waals surface area (Å²) in [5, 5.41) is 17.6. The van der Waals surface area contributed by atoms with Gasteiger partial charge >= 0.3 is 12.0 Å². The second kappa shape index (κ2) is 4.97. The summed E-state index contributed by atoms with van der Waals surface area (Å²) in [6.07, 6.45) is 0. The molecule has 0 aromatic heterocycles. The maximum absolute atomic E-state index is 11.7. The molecule has 0 aliphatic heterocycles. The van der Waals surface area contributed by atoms with E-state index in [-0.39, 0.29) is 13.2 Å². The fourth-order valence-corrected chi connectivity index (χ4v) is 0.884. The van der Waals surface area contributed by atoms with Crippen molar-refractivity contribution < 1.29 is 19.8 Å². The van der Waals surface area contributed by atoms with Crippen molar-refractivity contribution in [3.63, 3.8) is 0 Å². The number of amides is 2. The molecular formula is C9H18N2O4. The second-order valence-corrected chi connectivity index (χ2v) is 3.85. The Hall–Kier alpha value is -1.30. The zero-order valence-electron chi connectivity index (χ0n) is 9.52. The Morgan fingerprint density at radius 1 is 1.27 bits per heavy atom. The van der Waals surface area contributed by atoms with Gasteiger partial charge in [0.1, 0.15) is 5.54 Å². The molecule has 0 spiro atoms. The largest absolute Gasteiger partial charge is 0.480 e. The molecule has 6 heteroatoms. The summed E-state index contributed by atoms with van der Waals surface area (Å²) in [7, 11) is 2.93. The molecule has 0 saturated heterocycles. The molecule has 0 heterocycles. The number of carboxylic acids is 1. The number of aliphatic carboxylic acids is 1. The van der Waals surface area contributed by atoms with Gasteiger partial charge in [-0.05, 0) is 13.8 Å². The van der Waals surface area contributed by atoms with Gasteiger partial charge in [0.25, 0.3) is 0 Å². The van der Waals surface area contributed by atoms with Crippen molar-refractivity contribution in [3.8, 4) is 0 Å². The van der Waals surface area contributed by atoms with Crippen LogP contribution in [0, 0.1) is 0 Å². The Kier molecular flexibility index (Phi) is 4.54. The molecule has 0 radical (unpaired) electrons. The average molecular weight is 218 g/mol. The molecule has 0 unspecified atom stereocenters. The highest BCUT2D eigenvalue weighted by atomic mass is 16.4. The van der Waals surface area contributed by atoms with Gasteiger partial charge in [0, 0.05) is 20.6 Å². The molecule has 2 amide bonds. The van der Waals surface area contributed by atoms with E-state index in [0.29, 0.717) is 0 Å². The molecule has 0 aromatic rings. The summed E-state index contributed by atoms with van der Waals surface area (Å²) in [5.41, 5.74) is -1.26. The van der Waals surface area contributed by atoms with Crippen LogP contribution in [-0.2, 0) is 4.79 Å². The van der Waals surface area contributed by atoms with Crippen LogP contribution in [0.5, 0.6) is 0 Å². The van der Waals surface area contributed by atoms with Crippen molar-refractivity contribution in [3.05, 3.63) is 0 Å². The summed E-state index contributed by atoms with van der Waals surface area (Å²) < 4.78 is 0. The standard InChI is InChI=1S/C9H18N2O4/c1-9(2,7(13)14)11(4)8(15)10(3)5-6-12/h12H,5-6H2,1-4H3,(H,13,14). The number of aliphatic hydroxyl groups is 1. The Bertz CT molecular complexity index is 252. The minimum atomic E-state index is -1.26. The summed E-state index contributed by atoms with van der Waals surface area (Å²) in [5.74, 6) is -1.07. The van der Waals surface area contributed by atoms with Crippen LogP contribution in [0.15, 0.2) is 0 Å². The van der Waals surface area contributed by atoms with E-state index in [2.05, 4.69) is 0 Å². The van der Waals surface area contributed by atoms with Crippen molar-refractivity contribution in [1.82, 2.24) is 9.80 Å². The van der Waals surface area contributed by atoms with E-state index < -0.39 is 17.5 Å².